The number of nitrogens with one attached hydrogen (secondary N) is 1. The summed E-state index contributed by atoms with van der Waals surface area (Å²) in [6, 6.07) is 8.39. The van der Waals surface area contributed by atoms with Crippen LogP contribution in [0.1, 0.15) is 64.7 Å². The first-order valence-corrected chi connectivity index (χ1v) is 9.85. The highest BCUT2D eigenvalue weighted by molar-refractivity contribution is 5.90. The van der Waals surface area contributed by atoms with Crippen molar-refractivity contribution in [2.24, 2.45) is 11.8 Å². The normalized spacial score (nSPS) is 20.1. The van der Waals surface area contributed by atoms with Gasteiger partial charge in [-0.2, -0.15) is 0 Å². The lowest BCUT2D eigenvalue weighted by Gasteiger charge is -2.32. The molecule has 1 saturated carbocycles. The Kier molecular flexibility index (Phi) is 6.17. The van der Waals surface area contributed by atoms with E-state index in [4.69, 9.17) is 0 Å². The number of piperidine rings is 1. The van der Waals surface area contributed by atoms with Crippen molar-refractivity contribution in [3.8, 4) is 0 Å². The first kappa shape index (κ1) is 17.3. The van der Waals surface area contributed by atoms with Gasteiger partial charge in [0.2, 0.25) is 5.91 Å². The second kappa shape index (κ2) is 8.55. The molecule has 0 aromatic heterocycles. The predicted octanol–water partition coefficient (Wildman–Crippen LogP) is 5.22. The summed E-state index contributed by atoms with van der Waals surface area (Å²) >= 11 is 0. The number of anilines is 2. The molecule has 2 fully saturated rings. The van der Waals surface area contributed by atoms with Gasteiger partial charge in [0.05, 0.1) is 0 Å². The summed E-state index contributed by atoms with van der Waals surface area (Å²) in [5.41, 5.74) is 2.21. The largest absolute Gasteiger partial charge is 0.372 e. The molecule has 1 aliphatic carbocycles. The lowest BCUT2D eigenvalue weighted by atomic mass is 9.86. The second-order valence-corrected chi connectivity index (χ2v) is 7.81. The van der Waals surface area contributed by atoms with E-state index in [9.17, 15) is 4.79 Å². The molecular weight excluding hydrogens is 296 g/mol. The van der Waals surface area contributed by atoms with Crippen molar-refractivity contribution in [3.63, 3.8) is 0 Å². The van der Waals surface area contributed by atoms with Crippen LogP contribution in [0.4, 0.5) is 11.4 Å². The Labute approximate surface area is 146 Å². The summed E-state index contributed by atoms with van der Waals surface area (Å²) in [5.74, 6) is 1.79. The number of hydrogen-bond donors (Lipinski definition) is 1. The molecule has 24 heavy (non-hydrogen) atoms. The maximum Gasteiger partial charge on any atom is 0.224 e. The van der Waals surface area contributed by atoms with Crippen LogP contribution >= 0.6 is 0 Å². The van der Waals surface area contributed by atoms with Crippen molar-refractivity contribution in [2.45, 2.75) is 64.7 Å². The SMILES string of the molecule is CC1CCN(c2ccc(NC(=O)CCC3CCCCC3)cc2)CC1. The van der Waals surface area contributed by atoms with E-state index in [-0.39, 0.29) is 5.91 Å². The van der Waals surface area contributed by atoms with Gasteiger partial charge in [-0.1, -0.05) is 39.0 Å². The van der Waals surface area contributed by atoms with Crippen LogP contribution < -0.4 is 10.2 Å². The van der Waals surface area contributed by atoms with Crippen molar-refractivity contribution in [1.82, 2.24) is 0 Å². The number of hydrogen-bond acceptors (Lipinski definition) is 2. The van der Waals surface area contributed by atoms with Crippen LogP contribution in [0, 0.1) is 11.8 Å². The minimum Gasteiger partial charge on any atom is -0.372 e. The Bertz CT molecular complexity index is 511. The van der Waals surface area contributed by atoms with Crippen LogP contribution in [0.2, 0.25) is 0 Å². The fourth-order valence-electron chi connectivity index (χ4n) is 4.06. The first-order chi connectivity index (χ1) is 11.7. The Morgan fingerprint density at radius 3 is 2.38 bits per heavy atom. The third-order valence-electron chi connectivity index (χ3n) is 5.80. The lowest BCUT2D eigenvalue weighted by molar-refractivity contribution is -0.116. The van der Waals surface area contributed by atoms with E-state index in [1.54, 1.807) is 0 Å². The highest BCUT2D eigenvalue weighted by atomic mass is 16.1. The van der Waals surface area contributed by atoms with Crippen molar-refractivity contribution in [3.05, 3.63) is 24.3 Å². The molecule has 3 heteroatoms. The average molecular weight is 329 g/mol. The first-order valence-electron chi connectivity index (χ1n) is 9.85. The number of carbonyl (C=O) groups is 1. The van der Waals surface area contributed by atoms with E-state index >= 15 is 0 Å². The molecule has 1 heterocycles. The van der Waals surface area contributed by atoms with E-state index in [2.05, 4.69) is 29.3 Å². The van der Waals surface area contributed by atoms with Gasteiger partial charge in [0.15, 0.2) is 0 Å². The lowest BCUT2D eigenvalue weighted by Crippen LogP contribution is -2.32. The molecule has 0 bridgehead atoms. The minimum absolute atomic E-state index is 0.167. The fourth-order valence-corrected chi connectivity index (χ4v) is 4.06. The van der Waals surface area contributed by atoms with Gasteiger partial charge in [-0.25, -0.2) is 0 Å². The Hall–Kier alpha value is -1.51. The monoisotopic (exact) mass is 328 g/mol. The molecule has 1 aliphatic heterocycles. The minimum atomic E-state index is 0.167. The van der Waals surface area contributed by atoms with E-state index < -0.39 is 0 Å². The zero-order valence-corrected chi connectivity index (χ0v) is 15.1. The molecule has 0 atom stereocenters. The summed E-state index contributed by atoms with van der Waals surface area (Å²) in [7, 11) is 0. The van der Waals surface area contributed by atoms with E-state index in [1.807, 2.05) is 12.1 Å². The highest BCUT2D eigenvalue weighted by Crippen LogP contribution is 2.28. The maximum atomic E-state index is 12.2. The number of rotatable bonds is 5. The van der Waals surface area contributed by atoms with E-state index in [1.165, 1.54) is 50.6 Å². The third kappa shape index (κ3) is 4.99. The summed E-state index contributed by atoms with van der Waals surface area (Å²) in [6.45, 7) is 4.63. The fraction of sp³-hybridized carbons (Fsp3) is 0.667. The second-order valence-electron chi connectivity index (χ2n) is 7.81. The van der Waals surface area contributed by atoms with Crippen molar-refractivity contribution < 1.29 is 4.79 Å². The van der Waals surface area contributed by atoms with Crippen LogP contribution in [0.15, 0.2) is 24.3 Å². The molecule has 3 rings (SSSR count). The van der Waals surface area contributed by atoms with Crippen LogP contribution in [0.3, 0.4) is 0 Å². The van der Waals surface area contributed by atoms with Gasteiger partial charge in [0, 0.05) is 30.9 Å². The maximum absolute atomic E-state index is 12.2. The topological polar surface area (TPSA) is 32.3 Å². The van der Waals surface area contributed by atoms with Gasteiger partial charge < -0.3 is 10.2 Å². The number of carbonyl (C=O) groups excluding carboxylic acids is 1. The molecule has 1 aromatic rings. The van der Waals surface area contributed by atoms with Crippen molar-refractivity contribution in [1.29, 1.82) is 0 Å². The van der Waals surface area contributed by atoms with Gasteiger partial charge in [0.25, 0.3) is 0 Å². The third-order valence-corrected chi connectivity index (χ3v) is 5.80. The summed E-state index contributed by atoms with van der Waals surface area (Å²) in [6.07, 6.45) is 11.0. The number of benzene rings is 1. The van der Waals surface area contributed by atoms with Gasteiger partial charge >= 0.3 is 0 Å². The van der Waals surface area contributed by atoms with Gasteiger partial charge in [-0.05, 0) is 55.4 Å². The number of nitrogens with zero attached hydrogens (tertiary/aromatic N) is 1. The van der Waals surface area contributed by atoms with Crippen LogP contribution in [0.25, 0.3) is 0 Å². The number of amides is 1. The van der Waals surface area contributed by atoms with E-state index in [0.717, 1.165) is 37.0 Å². The predicted molar refractivity (Wildman–Crippen MR) is 101 cm³/mol. The van der Waals surface area contributed by atoms with Gasteiger partial charge in [-0.3, -0.25) is 4.79 Å². The van der Waals surface area contributed by atoms with Crippen LogP contribution in [-0.4, -0.2) is 19.0 Å². The molecule has 0 spiro atoms. The van der Waals surface area contributed by atoms with Crippen molar-refractivity contribution in [2.75, 3.05) is 23.3 Å². The molecule has 3 nitrogen and oxygen atoms in total. The molecule has 132 valence electrons. The molecule has 1 N–H and O–H groups in total. The summed E-state index contributed by atoms with van der Waals surface area (Å²) in [5, 5.41) is 3.06. The summed E-state index contributed by atoms with van der Waals surface area (Å²) < 4.78 is 0. The Balaban J connectivity index is 1.44. The summed E-state index contributed by atoms with van der Waals surface area (Å²) in [4.78, 5) is 14.6. The smallest absolute Gasteiger partial charge is 0.224 e. The standard InChI is InChI=1S/C21H32N2O/c1-17-13-15-23(16-14-17)20-10-8-19(9-11-20)22-21(24)12-7-18-5-3-2-4-6-18/h8-11,17-18H,2-7,12-16H2,1H3,(H,22,24). The molecule has 0 radical (unpaired) electrons. The average Bonchev–Trinajstić information content (AvgIpc) is 2.62. The molecule has 0 unspecified atom stereocenters. The molecular formula is C21H32N2O. The highest BCUT2D eigenvalue weighted by Gasteiger charge is 2.17. The Morgan fingerprint density at radius 2 is 1.71 bits per heavy atom. The Morgan fingerprint density at radius 1 is 1.04 bits per heavy atom. The zero-order valence-electron chi connectivity index (χ0n) is 15.1. The van der Waals surface area contributed by atoms with Gasteiger partial charge in [-0.15, -0.1) is 0 Å². The molecule has 2 aliphatic rings. The van der Waals surface area contributed by atoms with Crippen molar-refractivity contribution >= 4 is 17.3 Å². The van der Waals surface area contributed by atoms with Crippen LogP contribution in [0.5, 0.6) is 0 Å². The van der Waals surface area contributed by atoms with E-state index in [0.29, 0.717) is 6.42 Å². The van der Waals surface area contributed by atoms with Crippen LogP contribution in [-0.2, 0) is 4.79 Å². The molecule has 1 aromatic carbocycles. The quantitative estimate of drug-likeness (QED) is 0.803. The molecule has 1 amide bonds. The molecule has 1 saturated heterocycles. The van der Waals surface area contributed by atoms with Gasteiger partial charge in [0.1, 0.15) is 0 Å². The zero-order chi connectivity index (χ0) is 16.8.